The molecule has 2 heterocycles. The third-order valence-corrected chi connectivity index (χ3v) is 1.11. The van der Waals surface area contributed by atoms with Crippen molar-refractivity contribution in [2.45, 2.75) is 6.92 Å². The fraction of sp³-hybridized carbons (Fsp3) is 0.200. The molecule has 0 aliphatic rings. The Balaban J connectivity index is 2.92. The van der Waals surface area contributed by atoms with E-state index in [-0.39, 0.29) is 0 Å². The van der Waals surface area contributed by atoms with Crippen molar-refractivity contribution in [1.82, 2.24) is 14.6 Å². The van der Waals surface area contributed by atoms with E-state index in [0.717, 1.165) is 5.69 Å². The second kappa shape index (κ2) is 1.34. The third-order valence-electron chi connectivity index (χ3n) is 1.11. The zero-order valence-corrected chi connectivity index (χ0v) is 4.90. The van der Waals surface area contributed by atoms with E-state index in [0.29, 0.717) is 5.84 Å². The number of aryl methyl sites for hydroxylation is 1. The highest BCUT2D eigenvalue weighted by atomic mass is 16.4. The third kappa shape index (κ3) is 0.526. The quantitative estimate of drug-likeness (QED) is 0.516. The molecule has 0 spiro atoms. The van der Waals surface area contributed by atoms with Crippen LogP contribution in [-0.2, 0) is 0 Å². The van der Waals surface area contributed by atoms with Gasteiger partial charge in [0.2, 0.25) is 6.39 Å². The van der Waals surface area contributed by atoms with Gasteiger partial charge in [-0.2, -0.15) is 9.50 Å². The van der Waals surface area contributed by atoms with Gasteiger partial charge in [0.05, 0.1) is 11.9 Å². The molecule has 0 unspecified atom stereocenters. The number of rotatable bonds is 0. The van der Waals surface area contributed by atoms with Crippen LogP contribution in [-0.4, -0.2) is 14.6 Å². The topological polar surface area (TPSA) is 43.3 Å². The molecule has 0 N–H and O–H groups in total. The first-order valence-electron chi connectivity index (χ1n) is 2.62. The molecule has 0 aromatic carbocycles. The summed E-state index contributed by atoms with van der Waals surface area (Å²) in [6.45, 7) is 1.89. The average Bonchev–Trinajstić information content (AvgIpc) is 2.22. The van der Waals surface area contributed by atoms with Crippen LogP contribution >= 0.6 is 0 Å². The van der Waals surface area contributed by atoms with E-state index in [1.165, 1.54) is 6.39 Å². The van der Waals surface area contributed by atoms with Gasteiger partial charge < -0.3 is 4.42 Å². The molecule has 4 heteroatoms. The highest BCUT2D eigenvalue weighted by molar-refractivity contribution is 5.22. The highest BCUT2D eigenvalue weighted by Gasteiger charge is 1.97. The SMILES string of the molecule is Cc1cn2ncoc2n1. The van der Waals surface area contributed by atoms with Gasteiger partial charge in [-0.25, -0.2) is 0 Å². The van der Waals surface area contributed by atoms with Crippen LogP contribution in [0.3, 0.4) is 0 Å². The van der Waals surface area contributed by atoms with Crippen molar-refractivity contribution in [3.05, 3.63) is 18.3 Å². The van der Waals surface area contributed by atoms with Crippen molar-refractivity contribution in [1.29, 1.82) is 0 Å². The Morgan fingerprint density at radius 3 is 3.33 bits per heavy atom. The van der Waals surface area contributed by atoms with Crippen LogP contribution in [0.5, 0.6) is 0 Å². The normalized spacial score (nSPS) is 10.8. The number of aromatic nitrogens is 3. The number of imidazole rings is 1. The predicted molar refractivity (Wildman–Crippen MR) is 30.0 cm³/mol. The molecule has 9 heavy (non-hydrogen) atoms. The number of fused-ring (bicyclic) bond motifs is 1. The van der Waals surface area contributed by atoms with Crippen molar-refractivity contribution in [2.75, 3.05) is 0 Å². The van der Waals surface area contributed by atoms with Gasteiger partial charge in [-0.15, -0.1) is 5.10 Å². The van der Waals surface area contributed by atoms with Crippen LogP contribution < -0.4 is 0 Å². The molecule has 0 amide bonds. The van der Waals surface area contributed by atoms with Gasteiger partial charge in [-0.1, -0.05) is 0 Å². The fourth-order valence-electron chi connectivity index (χ4n) is 0.748. The molecule has 2 rings (SSSR count). The molecule has 0 aliphatic carbocycles. The Hall–Kier alpha value is -1.32. The van der Waals surface area contributed by atoms with E-state index in [2.05, 4.69) is 10.1 Å². The lowest BCUT2D eigenvalue weighted by atomic mass is 10.6. The zero-order chi connectivity index (χ0) is 6.27. The van der Waals surface area contributed by atoms with E-state index in [1.54, 1.807) is 10.7 Å². The summed E-state index contributed by atoms with van der Waals surface area (Å²) in [5.74, 6) is 0.549. The summed E-state index contributed by atoms with van der Waals surface area (Å²) in [6, 6.07) is 0. The van der Waals surface area contributed by atoms with Crippen LogP contribution in [0.1, 0.15) is 5.69 Å². The molecule has 0 fully saturated rings. The first kappa shape index (κ1) is 4.55. The Bertz CT molecular complexity index is 293. The minimum absolute atomic E-state index is 0.549. The van der Waals surface area contributed by atoms with Crippen molar-refractivity contribution in [3.8, 4) is 0 Å². The first-order chi connectivity index (χ1) is 4.36. The second-order valence-corrected chi connectivity index (χ2v) is 1.85. The molecule has 0 radical (unpaired) electrons. The lowest BCUT2D eigenvalue weighted by Crippen LogP contribution is -1.75. The van der Waals surface area contributed by atoms with E-state index in [9.17, 15) is 0 Å². The Labute approximate surface area is 51.1 Å². The van der Waals surface area contributed by atoms with E-state index in [1.807, 2.05) is 6.92 Å². The summed E-state index contributed by atoms with van der Waals surface area (Å²) < 4.78 is 6.47. The summed E-state index contributed by atoms with van der Waals surface area (Å²) in [5, 5.41) is 3.83. The molecule has 4 nitrogen and oxygen atoms in total. The van der Waals surface area contributed by atoms with Crippen molar-refractivity contribution in [3.63, 3.8) is 0 Å². The molecule has 2 aromatic heterocycles. The standard InChI is InChI=1S/C5H5N3O/c1-4-2-8-5(7-4)9-3-6-8/h2-3H,1H3. The molecule has 46 valence electrons. The lowest BCUT2D eigenvalue weighted by Gasteiger charge is -1.68. The van der Waals surface area contributed by atoms with Crippen LogP contribution in [0, 0.1) is 6.92 Å². The molecule has 0 atom stereocenters. The van der Waals surface area contributed by atoms with E-state index in [4.69, 9.17) is 4.42 Å². The van der Waals surface area contributed by atoms with Gasteiger partial charge in [0, 0.05) is 0 Å². The number of nitrogens with zero attached hydrogens (tertiary/aromatic N) is 3. The second-order valence-electron chi connectivity index (χ2n) is 1.85. The maximum atomic E-state index is 4.88. The zero-order valence-electron chi connectivity index (χ0n) is 4.90. The van der Waals surface area contributed by atoms with Crippen molar-refractivity contribution >= 4 is 5.84 Å². The number of hydrogen-bond donors (Lipinski definition) is 0. The Morgan fingerprint density at radius 1 is 1.67 bits per heavy atom. The van der Waals surface area contributed by atoms with E-state index >= 15 is 0 Å². The molecule has 0 aliphatic heterocycles. The molecule has 0 bridgehead atoms. The van der Waals surface area contributed by atoms with Gasteiger partial charge in [-0.05, 0) is 6.92 Å². The molecule has 2 aromatic rings. The predicted octanol–water partition coefficient (Wildman–Crippen LogP) is 0.631. The van der Waals surface area contributed by atoms with Gasteiger partial charge in [0.25, 0.3) is 0 Å². The van der Waals surface area contributed by atoms with Crippen LogP contribution in [0.25, 0.3) is 5.84 Å². The Morgan fingerprint density at radius 2 is 2.56 bits per heavy atom. The van der Waals surface area contributed by atoms with Crippen molar-refractivity contribution in [2.24, 2.45) is 0 Å². The minimum atomic E-state index is 0.549. The summed E-state index contributed by atoms with van der Waals surface area (Å²) in [4.78, 5) is 4.01. The maximum absolute atomic E-state index is 4.88. The number of hydrogen-bond acceptors (Lipinski definition) is 3. The summed E-state index contributed by atoms with van der Waals surface area (Å²) in [7, 11) is 0. The molecular weight excluding hydrogens is 118 g/mol. The largest absolute Gasteiger partial charge is 0.410 e. The molecule has 0 saturated heterocycles. The lowest BCUT2D eigenvalue weighted by molar-refractivity contribution is 0.588. The van der Waals surface area contributed by atoms with Crippen LogP contribution in [0.15, 0.2) is 17.0 Å². The monoisotopic (exact) mass is 123 g/mol. The smallest absolute Gasteiger partial charge is 0.324 e. The van der Waals surface area contributed by atoms with Gasteiger partial charge in [0.1, 0.15) is 0 Å². The summed E-state index contributed by atoms with van der Waals surface area (Å²) in [5.41, 5.74) is 0.918. The van der Waals surface area contributed by atoms with Gasteiger partial charge in [0.15, 0.2) is 0 Å². The van der Waals surface area contributed by atoms with Gasteiger partial charge in [-0.3, -0.25) is 0 Å². The summed E-state index contributed by atoms with van der Waals surface area (Å²) >= 11 is 0. The highest BCUT2D eigenvalue weighted by Crippen LogP contribution is 1.99. The first-order valence-corrected chi connectivity index (χ1v) is 2.62. The van der Waals surface area contributed by atoms with E-state index < -0.39 is 0 Å². The van der Waals surface area contributed by atoms with Crippen LogP contribution in [0.2, 0.25) is 0 Å². The van der Waals surface area contributed by atoms with Crippen molar-refractivity contribution < 1.29 is 4.42 Å². The van der Waals surface area contributed by atoms with Gasteiger partial charge >= 0.3 is 5.84 Å². The minimum Gasteiger partial charge on any atom is -0.410 e. The molecular formula is C5H5N3O. The Kier molecular flexibility index (Phi) is 0.677. The summed E-state index contributed by atoms with van der Waals surface area (Å²) in [6.07, 6.45) is 3.17. The molecule has 0 saturated carbocycles. The van der Waals surface area contributed by atoms with Crippen LogP contribution in [0.4, 0.5) is 0 Å². The fourth-order valence-corrected chi connectivity index (χ4v) is 0.748. The maximum Gasteiger partial charge on any atom is 0.324 e. The average molecular weight is 123 g/mol.